The van der Waals surface area contributed by atoms with Gasteiger partial charge in [0.1, 0.15) is 5.82 Å². The number of rotatable bonds is 3. The summed E-state index contributed by atoms with van der Waals surface area (Å²) < 4.78 is 2.01. The highest BCUT2D eigenvalue weighted by Crippen LogP contribution is 2.23. The van der Waals surface area contributed by atoms with E-state index in [1.54, 1.807) is 6.20 Å². The van der Waals surface area contributed by atoms with Gasteiger partial charge in [-0.05, 0) is 19.3 Å². The fraction of sp³-hybridized carbons (Fsp3) is 0.545. The number of hydrogen-bond donors (Lipinski definition) is 1. The highest BCUT2D eigenvalue weighted by molar-refractivity contribution is 5.62. The van der Waals surface area contributed by atoms with E-state index < -0.39 is 0 Å². The first kappa shape index (κ1) is 9.57. The van der Waals surface area contributed by atoms with E-state index in [0.29, 0.717) is 6.04 Å². The Balaban J connectivity index is 2.00. The Labute approximate surface area is 93.9 Å². The lowest BCUT2D eigenvalue weighted by Gasteiger charge is -2.26. The zero-order valence-electron chi connectivity index (χ0n) is 9.35. The molecule has 0 atom stereocenters. The zero-order valence-corrected chi connectivity index (χ0v) is 9.35. The second-order valence-corrected chi connectivity index (χ2v) is 4.21. The molecule has 0 radical (unpaired) electrons. The topological polar surface area (TPSA) is 55.1 Å². The van der Waals surface area contributed by atoms with Gasteiger partial charge in [-0.3, -0.25) is 4.40 Å². The molecule has 16 heavy (non-hydrogen) atoms. The van der Waals surface area contributed by atoms with Crippen LogP contribution in [0.1, 0.15) is 32.0 Å². The summed E-state index contributed by atoms with van der Waals surface area (Å²) in [6.45, 7) is 2.08. The number of aromatic nitrogens is 4. The molecule has 2 aromatic heterocycles. The van der Waals surface area contributed by atoms with Crippen molar-refractivity contribution in [1.29, 1.82) is 0 Å². The molecule has 0 amide bonds. The lowest BCUT2D eigenvalue weighted by molar-refractivity contribution is 0.444. The molecule has 0 spiro atoms. The number of fused-ring (bicyclic) bond motifs is 1. The van der Waals surface area contributed by atoms with E-state index in [1.165, 1.54) is 19.3 Å². The summed E-state index contributed by atoms with van der Waals surface area (Å²) in [7, 11) is 0. The molecule has 1 N–H and O–H groups in total. The predicted octanol–water partition coefficient (Wildman–Crippen LogP) is 1.65. The Morgan fingerprint density at radius 1 is 1.44 bits per heavy atom. The summed E-state index contributed by atoms with van der Waals surface area (Å²) in [4.78, 5) is 4.34. The van der Waals surface area contributed by atoms with Crippen molar-refractivity contribution in [3.8, 4) is 0 Å². The maximum atomic E-state index is 4.34. The summed E-state index contributed by atoms with van der Waals surface area (Å²) in [5.74, 6) is 1.84. The maximum Gasteiger partial charge on any atom is 0.203 e. The third-order valence-corrected chi connectivity index (χ3v) is 3.16. The van der Waals surface area contributed by atoms with Gasteiger partial charge in [-0.2, -0.15) is 0 Å². The minimum atomic E-state index is 0.570. The Hall–Kier alpha value is -1.65. The van der Waals surface area contributed by atoms with Crippen LogP contribution in [-0.4, -0.2) is 25.6 Å². The Kier molecular flexibility index (Phi) is 2.23. The van der Waals surface area contributed by atoms with Gasteiger partial charge in [-0.1, -0.05) is 6.92 Å². The Morgan fingerprint density at radius 2 is 2.31 bits per heavy atom. The van der Waals surface area contributed by atoms with E-state index in [9.17, 15) is 0 Å². The van der Waals surface area contributed by atoms with Crippen LogP contribution < -0.4 is 5.32 Å². The first-order valence-corrected chi connectivity index (χ1v) is 5.83. The summed E-state index contributed by atoms with van der Waals surface area (Å²) in [6.07, 6.45) is 8.38. The molecule has 84 valence electrons. The second kappa shape index (κ2) is 3.73. The summed E-state index contributed by atoms with van der Waals surface area (Å²) in [5, 5.41) is 11.8. The predicted molar refractivity (Wildman–Crippen MR) is 61.4 cm³/mol. The number of aryl methyl sites for hydroxylation is 1. The van der Waals surface area contributed by atoms with Gasteiger partial charge < -0.3 is 5.32 Å². The van der Waals surface area contributed by atoms with Crippen molar-refractivity contribution >= 4 is 11.5 Å². The van der Waals surface area contributed by atoms with Gasteiger partial charge in [-0.25, -0.2) is 4.98 Å². The first-order chi connectivity index (χ1) is 7.88. The molecule has 0 saturated heterocycles. The Morgan fingerprint density at radius 3 is 3.00 bits per heavy atom. The highest BCUT2D eigenvalue weighted by atomic mass is 15.3. The van der Waals surface area contributed by atoms with Gasteiger partial charge in [-0.15, -0.1) is 10.2 Å². The SMILES string of the molecule is CCc1nnc2c(NC3CCC3)nccn12. The van der Waals surface area contributed by atoms with E-state index in [-0.39, 0.29) is 0 Å². The average molecular weight is 217 g/mol. The van der Waals surface area contributed by atoms with Crippen LogP contribution in [0, 0.1) is 0 Å². The number of nitrogens with one attached hydrogen (secondary N) is 1. The third kappa shape index (κ3) is 1.43. The van der Waals surface area contributed by atoms with E-state index in [1.807, 2.05) is 10.6 Å². The molecule has 3 rings (SSSR count). The quantitative estimate of drug-likeness (QED) is 0.849. The molecule has 2 aromatic rings. The molecule has 0 aromatic carbocycles. The first-order valence-electron chi connectivity index (χ1n) is 5.83. The van der Waals surface area contributed by atoms with Crippen LogP contribution in [-0.2, 0) is 6.42 Å². The average Bonchev–Trinajstić information content (AvgIpc) is 2.67. The van der Waals surface area contributed by atoms with Crippen molar-refractivity contribution in [2.24, 2.45) is 0 Å². The number of nitrogens with zero attached hydrogens (tertiary/aromatic N) is 4. The number of anilines is 1. The van der Waals surface area contributed by atoms with Crippen molar-refractivity contribution < 1.29 is 0 Å². The van der Waals surface area contributed by atoms with Gasteiger partial charge >= 0.3 is 0 Å². The largest absolute Gasteiger partial charge is 0.364 e. The van der Waals surface area contributed by atoms with Crippen LogP contribution in [0.25, 0.3) is 5.65 Å². The molecule has 2 heterocycles. The van der Waals surface area contributed by atoms with Gasteiger partial charge in [0, 0.05) is 24.9 Å². The van der Waals surface area contributed by atoms with E-state index in [2.05, 4.69) is 27.4 Å². The van der Waals surface area contributed by atoms with E-state index >= 15 is 0 Å². The minimum absolute atomic E-state index is 0.570. The molecule has 5 heteroatoms. The summed E-state index contributed by atoms with van der Waals surface area (Å²) in [6, 6.07) is 0.570. The van der Waals surface area contributed by atoms with Gasteiger partial charge in [0.25, 0.3) is 0 Å². The summed E-state index contributed by atoms with van der Waals surface area (Å²) >= 11 is 0. The Bertz CT molecular complexity index is 500. The van der Waals surface area contributed by atoms with Gasteiger partial charge in [0.15, 0.2) is 5.82 Å². The minimum Gasteiger partial charge on any atom is -0.364 e. The molecular weight excluding hydrogens is 202 g/mol. The van der Waals surface area contributed by atoms with Crippen molar-refractivity contribution in [3.63, 3.8) is 0 Å². The normalized spacial score (nSPS) is 16.3. The third-order valence-electron chi connectivity index (χ3n) is 3.16. The molecular formula is C11H15N5. The zero-order chi connectivity index (χ0) is 11.0. The fourth-order valence-corrected chi connectivity index (χ4v) is 1.96. The van der Waals surface area contributed by atoms with Crippen molar-refractivity contribution in [2.45, 2.75) is 38.6 Å². The van der Waals surface area contributed by atoms with Gasteiger partial charge in [0.2, 0.25) is 5.65 Å². The molecule has 1 aliphatic rings. The molecule has 0 aliphatic heterocycles. The van der Waals surface area contributed by atoms with Crippen LogP contribution in [0.3, 0.4) is 0 Å². The molecule has 5 nitrogen and oxygen atoms in total. The number of hydrogen-bond acceptors (Lipinski definition) is 4. The van der Waals surface area contributed by atoms with Crippen molar-refractivity contribution in [3.05, 3.63) is 18.2 Å². The molecule has 1 aliphatic carbocycles. The van der Waals surface area contributed by atoms with Gasteiger partial charge in [0.05, 0.1) is 0 Å². The monoisotopic (exact) mass is 217 g/mol. The molecule has 1 saturated carbocycles. The second-order valence-electron chi connectivity index (χ2n) is 4.21. The fourth-order valence-electron chi connectivity index (χ4n) is 1.96. The van der Waals surface area contributed by atoms with E-state index in [4.69, 9.17) is 0 Å². The lowest BCUT2D eigenvalue weighted by Crippen LogP contribution is -2.27. The lowest BCUT2D eigenvalue weighted by atomic mass is 9.93. The van der Waals surface area contributed by atoms with Crippen LogP contribution in [0.15, 0.2) is 12.4 Å². The molecule has 0 bridgehead atoms. The summed E-state index contributed by atoms with van der Waals surface area (Å²) in [5.41, 5.74) is 0.839. The van der Waals surface area contributed by atoms with Crippen LogP contribution in [0.4, 0.5) is 5.82 Å². The van der Waals surface area contributed by atoms with Crippen LogP contribution >= 0.6 is 0 Å². The van der Waals surface area contributed by atoms with Crippen LogP contribution in [0.2, 0.25) is 0 Å². The molecule has 0 unspecified atom stereocenters. The smallest absolute Gasteiger partial charge is 0.203 e. The maximum absolute atomic E-state index is 4.34. The highest BCUT2D eigenvalue weighted by Gasteiger charge is 2.19. The standard InChI is InChI=1S/C11H15N5/c1-2-9-14-15-11-10(12-6-7-16(9)11)13-8-4-3-5-8/h6-8H,2-5H2,1H3,(H,12,13). The van der Waals surface area contributed by atoms with E-state index in [0.717, 1.165) is 23.7 Å². The molecule has 1 fully saturated rings. The van der Waals surface area contributed by atoms with Crippen molar-refractivity contribution in [2.75, 3.05) is 5.32 Å². The van der Waals surface area contributed by atoms with Crippen LogP contribution in [0.5, 0.6) is 0 Å². The van der Waals surface area contributed by atoms with Crippen molar-refractivity contribution in [1.82, 2.24) is 19.6 Å².